The average Bonchev–Trinajstić information content (AvgIpc) is 3.51. The molecule has 0 spiro atoms. The number of fused-ring (bicyclic) bond motifs is 3. The van der Waals surface area contributed by atoms with Crippen LogP contribution >= 0.6 is 0 Å². The van der Waals surface area contributed by atoms with Gasteiger partial charge in [0.05, 0.1) is 5.41 Å². The Morgan fingerprint density at radius 3 is 1.02 bits per heavy atom. The molecule has 0 saturated carbocycles. The van der Waals surface area contributed by atoms with Crippen LogP contribution in [-0.4, -0.2) is 0 Å². The second-order valence-corrected chi connectivity index (χ2v) is 12.9. The van der Waals surface area contributed by atoms with Crippen LogP contribution in [0.25, 0.3) is 33.4 Å². The minimum absolute atomic E-state index is 0.424. The molecule has 0 N–H and O–H groups in total. The summed E-state index contributed by atoms with van der Waals surface area (Å²) in [6, 6.07) is 77.0. The SMILES string of the molecule is c1ccc(-c2ccc(N(c3ccc(-c4ccccc4)cc3)c3ccc(C4(c5ccccc5)c5ccccc5-c5ccccc54)cc3)cc2)cc1. The molecule has 0 atom stereocenters. The predicted molar refractivity (Wildman–Crippen MR) is 209 cm³/mol. The standard InChI is InChI=1S/C49H35N/c1-4-14-36(15-5-1)38-24-30-42(31-25-38)50(43-32-26-39(27-33-43)37-16-6-2-7-17-37)44-34-28-41(29-35-44)49(40-18-8-3-9-19-40)47-22-12-10-20-45(47)46-21-11-13-23-48(46)49/h1-35H. The van der Waals surface area contributed by atoms with E-state index in [2.05, 4.69) is 217 Å². The highest BCUT2D eigenvalue weighted by molar-refractivity contribution is 5.87. The van der Waals surface area contributed by atoms with E-state index in [1.165, 1.54) is 55.6 Å². The Labute approximate surface area is 294 Å². The van der Waals surface area contributed by atoms with Crippen molar-refractivity contribution in [2.75, 3.05) is 4.90 Å². The molecule has 0 amide bonds. The summed E-state index contributed by atoms with van der Waals surface area (Å²) in [6.07, 6.45) is 0. The molecule has 9 rings (SSSR count). The third-order valence-electron chi connectivity index (χ3n) is 10.2. The third kappa shape index (κ3) is 4.95. The molecular formula is C49H35N. The normalized spacial score (nSPS) is 12.6. The molecule has 8 aromatic carbocycles. The van der Waals surface area contributed by atoms with E-state index in [9.17, 15) is 0 Å². The second kappa shape index (κ2) is 12.5. The molecule has 8 aromatic rings. The minimum Gasteiger partial charge on any atom is -0.311 e. The molecule has 0 aromatic heterocycles. The summed E-state index contributed by atoms with van der Waals surface area (Å²) in [5, 5.41) is 0. The van der Waals surface area contributed by atoms with Crippen LogP contribution in [0.4, 0.5) is 17.1 Å². The summed E-state index contributed by atoms with van der Waals surface area (Å²) in [5.41, 5.74) is 15.5. The van der Waals surface area contributed by atoms with Crippen LogP contribution in [0.1, 0.15) is 22.3 Å². The summed E-state index contributed by atoms with van der Waals surface area (Å²) in [5.74, 6) is 0. The van der Waals surface area contributed by atoms with Gasteiger partial charge < -0.3 is 4.90 Å². The van der Waals surface area contributed by atoms with E-state index in [1.54, 1.807) is 0 Å². The summed E-state index contributed by atoms with van der Waals surface area (Å²) >= 11 is 0. The van der Waals surface area contributed by atoms with Crippen molar-refractivity contribution in [3.05, 3.63) is 235 Å². The van der Waals surface area contributed by atoms with Crippen molar-refractivity contribution in [1.82, 2.24) is 0 Å². The van der Waals surface area contributed by atoms with Crippen LogP contribution in [-0.2, 0) is 5.41 Å². The smallest absolute Gasteiger partial charge is 0.0713 e. The molecule has 1 nitrogen and oxygen atoms in total. The Morgan fingerprint density at radius 1 is 0.260 bits per heavy atom. The van der Waals surface area contributed by atoms with Crippen LogP contribution in [0.2, 0.25) is 0 Å². The van der Waals surface area contributed by atoms with Gasteiger partial charge in [-0.15, -0.1) is 0 Å². The van der Waals surface area contributed by atoms with E-state index >= 15 is 0 Å². The maximum Gasteiger partial charge on any atom is 0.0713 e. The molecule has 0 heterocycles. The third-order valence-corrected chi connectivity index (χ3v) is 10.2. The molecule has 0 bridgehead atoms. The van der Waals surface area contributed by atoms with Crippen molar-refractivity contribution in [2.45, 2.75) is 5.41 Å². The highest BCUT2D eigenvalue weighted by Gasteiger charge is 2.45. The first kappa shape index (κ1) is 29.7. The Morgan fingerprint density at radius 2 is 0.580 bits per heavy atom. The van der Waals surface area contributed by atoms with Gasteiger partial charge in [-0.3, -0.25) is 0 Å². The van der Waals surface area contributed by atoms with Crippen LogP contribution in [0, 0.1) is 0 Å². The van der Waals surface area contributed by atoms with Crippen molar-refractivity contribution in [2.24, 2.45) is 0 Å². The number of nitrogens with zero attached hydrogens (tertiary/aromatic N) is 1. The highest BCUT2D eigenvalue weighted by atomic mass is 15.1. The first-order valence-electron chi connectivity index (χ1n) is 17.3. The van der Waals surface area contributed by atoms with Gasteiger partial charge >= 0.3 is 0 Å². The Kier molecular flexibility index (Phi) is 7.44. The van der Waals surface area contributed by atoms with Gasteiger partial charge in [0.15, 0.2) is 0 Å². The van der Waals surface area contributed by atoms with Gasteiger partial charge in [0, 0.05) is 17.1 Å². The van der Waals surface area contributed by atoms with Crippen LogP contribution in [0.15, 0.2) is 212 Å². The van der Waals surface area contributed by atoms with E-state index in [0.29, 0.717) is 0 Å². The maximum atomic E-state index is 2.36. The second-order valence-electron chi connectivity index (χ2n) is 12.9. The molecule has 0 radical (unpaired) electrons. The first-order chi connectivity index (χ1) is 24.8. The summed E-state index contributed by atoms with van der Waals surface area (Å²) in [7, 11) is 0. The van der Waals surface area contributed by atoms with E-state index in [1.807, 2.05) is 0 Å². The number of benzene rings is 8. The van der Waals surface area contributed by atoms with Crippen LogP contribution in [0.5, 0.6) is 0 Å². The van der Waals surface area contributed by atoms with Gasteiger partial charge in [-0.2, -0.15) is 0 Å². The van der Waals surface area contributed by atoms with Crippen molar-refractivity contribution < 1.29 is 0 Å². The molecule has 1 heteroatoms. The first-order valence-corrected chi connectivity index (χ1v) is 17.3. The summed E-state index contributed by atoms with van der Waals surface area (Å²) < 4.78 is 0. The average molecular weight is 638 g/mol. The minimum atomic E-state index is -0.424. The Hall–Kier alpha value is -6.44. The van der Waals surface area contributed by atoms with Gasteiger partial charge in [0.2, 0.25) is 0 Å². The van der Waals surface area contributed by atoms with E-state index in [4.69, 9.17) is 0 Å². The van der Waals surface area contributed by atoms with Gasteiger partial charge in [0.1, 0.15) is 0 Å². The molecule has 0 unspecified atom stereocenters. The lowest BCUT2D eigenvalue weighted by Crippen LogP contribution is -2.28. The fourth-order valence-corrected chi connectivity index (χ4v) is 7.89. The van der Waals surface area contributed by atoms with Crippen LogP contribution in [0.3, 0.4) is 0 Å². The van der Waals surface area contributed by atoms with Crippen molar-refractivity contribution >= 4 is 17.1 Å². The predicted octanol–water partition coefficient (Wildman–Crippen LogP) is 12.9. The quantitative estimate of drug-likeness (QED) is 0.168. The van der Waals surface area contributed by atoms with E-state index < -0.39 is 5.41 Å². The monoisotopic (exact) mass is 637 g/mol. The van der Waals surface area contributed by atoms with Gasteiger partial charge in [0.25, 0.3) is 0 Å². The number of rotatable bonds is 7. The largest absolute Gasteiger partial charge is 0.311 e. The fourth-order valence-electron chi connectivity index (χ4n) is 7.89. The van der Waals surface area contributed by atoms with Crippen molar-refractivity contribution in [3.8, 4) is 33.4 Å². The molecule has 1 aliphatic carbocycles. The molecule has 236 valence electrons. The van der Waals surface area contributed by atoms with Crippen molar-refractivity contribution in [1.29, 1.82) is 0 Å². The number of hydrogen-bond acceptors (Lipinski definition) is 1. The molecule has 50 heavy (non-hydrogen) atoms. The Balaban J connectivity index is 1.18. The zero-order valence-electron chi connectivity index (χ0n) is 27.7. The van der Waals surface area contributed by atoms with E-state index in [0.717, 1.165) is 17.1 Å². The van der Waals surface area contributed by atoms with Gasteiger partial charge in [-0.25, -0.2) is 0 Å². The zero-order valence-corrected chi connectivity index (χ0v) is 27.7. The molecule has 1 aliphatic rings. The van der Waals surface area contributed by atoms with E-state index in [-0.39, 0.29) is 0 Å². The lowest BCUT2D eigenvalue weighted by molar-refractivity contribution is 0.768. The number of anilines is 3. The van der Waals surface area contributed by atoms with Crippen LogP contribution < -0.4 is 4.90 Å². The molecule has 0 fully saturated rings. The molecule has 0 aliphatic heterocycles. The molecular weight excluding hydrogens is 603 g/mol. The lowest BCUT2D eigenvalue weighted by Gasteiger charge is -2.34. The van der Waals surface area contributed by atoms with Crippen molar-refractivity contribution in [3.63, 3.8) is 0 Å². The summed E-state index contributed by atoms with van der Waals surface area (Å²) in [6.45, 7) is 0. The Bertz CT molecular complexity index is 2250. The zero-order chi connectivity index (χ0) is 33.3. The lowest BCUT2D eigenvalue weighted by atomic mass is 9.68. The van der Waals surface area contributed by atoms with Gasteiger partial charge in [-0.1, -0.05) is 176 Å². The molecule has 0 saturated heterocycles. The maximum absolute atomic E-state index is 2.36. The summed E-state index contributed by atoms with van der Waals surface area (Å²) in [4.78, 5) is 2.36. The highest BCUT2D eigenvalue weighted by Crippen LogP contribution is 2.56. The fraction of sp³-hybridized carbons (Fsp3) is 0.0204. The number of hydrogen-bond donors (Lipinski definition) is 0. The van der Waals surface area contributed by atoms with Gasteiger partial charge in [-0.05, 0) is 92.0 Å². The topological polar surface area (TPSA) is 3.24 Å².